The van der Waals surface area contributed by atoms with Crippen LogP contribution in [0.25, 0.3) is 0 Å². The SMILES string of the molecule is O=C(/C=C/Cc1ccccc1)c1ccc2c(c1)OCO2. The molecule has 0 amide bonds. The molecule has 2 aromatic carbocycles. The molecule has 0 bridgehead atoms. The molecule has 1 heterocycles. The zero-order chi connectivity index (χ0) is 13.8. The normalized spacial score (nSPS) is 12.8. The molecule has 20 heavy (non-hydrogen) atoms. The maximum Gasteiger partial charge on any atom is 0.231 e. The minimum Gasteiger partial charge on any atom is -0.454 e. The first-order chi connectivity index (χ1) is 9.83. The summed E-state index contributed by atoms with van der Waals surface area (Å²) in [7, 11) is 0. The minimum atomic E-state index is -0.0285. The summed E-state index contributed by atoms with van der Waals surface area (Å²) >= 11 is 0. The lowest BCUT2D eigenvalue weighted by molar-refractivity contribution is 0.104. The number of hydrogen-bond donors (Lipinski definition) is 0. The van der Waals surface area contributed by atoms with E-state index in [-0.39, 0.29) is 12.6 Å². The second-order valence-corrected chi connectivity index (χ2v) is 4.52. The molecule has 0 aliphatic carbocycles. The van der Waals surface area contributed by atoms with E-state index in [4.69, 9.17) is 9.47 Å². The number of benzene rings is 2. The monoisotopic (exact) mass is 266 g/mol. The van der Waals surface area contributed by atoms with Gasteiger partial charge in [0.15, 0.2) is 17.3 Å². The van der Waals surface area contributed by atoms with Crippen LogP contribution in [0, 0.1) is 0 Å². The first kappa shape index (κ1) is 12.5. The van der Waals surface area contributed by atoms with E-state index in [2.05, 4.69) is 0 Å². The number of ether oxygens (including phenoxy) is 2. The summed E-state index contributed by atoms with van der Waals surface area (Å²) in [6.07, 6.45) is 4.23. The Balaban J connectivity index is 1.67. The van der Waals surface area contributed by atoms with Crippen LogP contribution in [0.2, 0.25) is 0 Å². The molecule has 0 saturated heterocycles. The summed E-state index contributed by atoms with van der Waals surface area (Å²) in [6.45, 7) is 0.219. The quantitative estimate of drug-likeness (QED) is 0.628. The Morgan fingerprint density at radius 2 is 1.85 bits per heavy atom. The van der Waals surface area contributed by atoms with Crippen LogP contribution in [0.3, 0.4) is 0 Å². The standard InChI is InChI=1S/C17H14O3/c18-15(8-4-7-13-5-2-1-3-6-13)14-9-10-16-17(11-14)20-12-19-16/h1-6,8-11H,7,12H2/b8-4+. The third-order valence-electron chi connectivity index (χ3n) is 3.12. The van der Waals surface area contributed by atoms with Crippen molar-refractivity contribution < 1.29 is 14.3 Å². The van der Waals surface area contributed by atoms with Gasteiger partial charge in [0.05, 0.1) is 0 Å². The maximum absolute atomic E-state index is 12.1. The molecule has 0 N–H and O–H groups in total. The molecule has 0 spiro atoms. The number of allylic oxidation sites excluding steroid dienone is 2. The van der Waals surface area contributed by atoms with Crippen molar-refractivity contribution in [2.75, 3.05) is 6.79 Å². The molecule has 0 aromatic heterocycles. The molecule has 100 valence electrons. The van der Waals surface area contributed by atoms with Crippen LogP contribution in [0.1, 0.15) is 15.9 Å². The first-order valence-corrected chi connectivity index (χ1v) is 6.47. The first-order valence-electron chi connectivity index (χ1n) is 6.47. The summed E-state index contributed by atoms with van der Waals surface area (Å²) in [5.41, 5.74) is 1.79. The third kappa shape index (κ3) is 2.72. The largest absolute Gasteiger partial charge is 0.454 e. The molecular weight excluding hydrogens is 252 g/mol. The molecule has 0 radical (unpaired) electrons. The van der Waals surface area contributed by atoms with Gasteiger partial charge in [0, 0.05) is 5.56 Å². The van der Waals surface area contributed by atoms with Crippen molar-refractivity contribution in [3.8, 4) is 11.5 Å². The molecule has 0 saturated carbocycles. The average molecular weight is 266 g/mol. The Labute approximate surface area is 117 Å². The summed E-state index contributed by atoms with van der Waals surface area (Å²) in [6, 6.07) is 15.3. The topological polar surface area (TPSA) is 35.5 Å². The Morgan fingerprint density at radius 1 is 1.05 bits per heavy atom. The predicted octanol–water partition coefficient (Wildman–Crippen LogP) is 3.40. The summed E-state index contributed by atoms with van der Waals surface area (Å²) in [5.74, 6) is 1.29. The zero-order valence-corrected chi connectivity index (χ0v) is 10.9. The van der Waals surface area contributed by atoms with E-state index in [1.54, 1.807) is 24.3 Å². The highest BCUT2D eigenvalue weighted by atomic mass is 16.7. The van der Waals surface area contributed by atoms with E-state index < -0.39 is 0 Å². The molecule has 3 rings (SSSR count). The fourth-order valence-electron chi connectivity index (χ4n) is 2.06. The second kappa shape index (κ2) is 5.61. The van der Waals surface area contributed by atoms with Crippen molar-refractivity contribution in [2.24, 2.45) is 0 Å². The molecule has 0 fully saturated rings. The number of carbonyl (C=O) groups excluding carboxylic acids is 1. The number of hydrogen-bond acceptors (Lipinski definition) is 3. The van der Waals surface area contributed by atoms with Gasteiger partial charge in [-0.3, -0.25) is 4.79 Å². The van der Waals surface area contributed by atoms with Crippen LogP contribution >= 0.6 is 0 Å². The Bertz CT molecular complexity index is 645. The lowest BCUT2D eigenvalue weighted by Gasteiger charge is -1.99. The lowest BCUT2D eigenvalue weighted by Crippen LogP contribution is -1.95. The smallest absolute Gasteiger partial charge is 0.231 e. The van der Waals surface area contributed by atoms with Gasteiger partial charge < -0.3 is 9.47 Å². The van der Waals surface area contributed by atoms with Crippen molar-refractivity contribution >= 4 is 5.78 Å². The van der Waals surface area contributed by atoms with Gasteiger partial charge in [0.1, 0.15) is 0 Å². The van der Waals surface area contributed by atoms with Crippen LogP contribution in [-0.4, -0.2) is 12.6 Å². The van der Waals surface area contributed by atoms with E-state index in [0.717, 1.165) is 6.42 Å². The third-order valence-corrected chi connectivity index (χ3v) is 3.12. The molecule has 1 aliphatic heterocycles. The highest BCUT2D eigenvalue weighted by molar-refractivity contribution is 6.04. The molecule has 1 aliphatic rings. The van der Waals surface area contributed by atoms with Crippen molar-refractivity contribution in [1.29, 1.82) is 0 Å². The fraction of sp³-hybridized carbons (Fsp3) is 0.118. The molecule has 0 atom stereocenters. The molecular formula is C17H14O3. The van der Waals surface area contributed by atoms with E-state index in [1.165, 1.54) is 5.56 Å². The zero-order valence-electron chi connectivity index (χ0n) is 10.9. The summed E-state index contributed by atoms with van der Waals surface area (Å²) < 4.78 is 10.5. The minimum absolute atomic E-state index is 0.0285. The highest BCUT2D eigenvalue weighted by Crippen LogP contribution is 2.32. The highest BCUT2D eigenvalue weighted by Gasteiger charge is 2.14. The molecule has 2 aromatic rings. The maximum atomic E-state index is 12.1. The van der Waals surface area contributed by atoms with Crippen LogP contribution in [-0.2, 0) is 6.42 Å². The predicted molar refractivity (Wildman–Crippen MR) is 76.2 cm³/mol. The van der Waals surface area contributed by atoms with Crippen molar-refractivity contribution in [2.45, 2.75) is 6.42 Å². The van der Waals surface area contributed by atoms with Crippen molar-refractivity contribution in [1.82, 2.24) is 0 Å². The Hall–Kier alpha value is -2.55. The van der Waals surface area contributed by atoms with Gasteiger partial charge in [-0.05, 0) is 36.3 Å². The van der Waals surface area contributed by atoms with Gasteiger partial charge in [-0.2, -0.15) is 0 Å². The lowest BCUT2D eigenvalue weighted by atomic mass is 10.1. The van der Waals surface area contributed by atoms with E-state index in [9.17, 15) is 4.79 Å². The van der Waals surface area contributed by atoms with E-state index >= 15 is 0 Å². The summed E-state index contributed by atoms with van der Waals surface area (Å²) in [5, 5.41) is 0. The van der Waals surface area contributed by atoms with Crippen molar-refractivity contribution in [3.63, 3.8) is 0 Å². The van der Waals surface area contributed by atoms with Gasteiger partial charge >= 0.3 is 0 Å². The Kier molecular flexibility index (Phi) is 3.50. The Morgan fingerprint density at radius 3 is 2.70 bits per heavy atom. The molecule has 3 nitrogen and oxygen atoms in total. The molecule has 3 heteroatoms. The van der Waals surface area contributed by atoms with Crippen LogP contribution in [0.15, 0.2) is 60.7 Å². The van der Waals surface area contributed by atoms with Gasteiger partial charge in [-0.25, -0.2) is 0 Å². The second-order valence-electron chi connectivity index (χ2n) is 4.52. The number of carbonyl (C=O) groups is 1. The number of ketones is 1. The van der Waals surface area contributed by atoms with Crippen LogP contribution in [0.5, 0.6) is 11.5 Å². The fourth-order valence-corrected chi connectivity index (χ4v) is 2.06. The van der Waals surface area contributed by atoms with Gasteiger partial charge in [0.25, 0.3) is 0 Å². The van der Waals surface area contributed by atoms with Crippen LogP contribution in [0.4, 0.5) is 0 Å². The summed E-state index contributed by atoms with van der Waals surface area (Å²) in [4.78, 5) is 12.1. The number of fused-ring (bicyclic) bond motifs is 1. The van der Waals surface area contributed by atoms with Crippen molar-refractivity contribution in [3.05, 3.63) is 71.8 Å². The van der Waals surface area contributed by atoms with E-state index in [0.29, 0.717) is 17.1 Å². The number of rotatable bonds is 4. The van der Waals surface area contributed by atoms with Gasteiger partial charge in [-0.15, -0.1) is 0 Å². The molecule has 0 unspecified atom stereocenters. The van der Waals surface area contributed by atoms with Gasteiger partial charge in [-0.1, -0.05) is 36.4 Å². The van der Waals surface area contributed by atoms with Gasteiger partial charge in [0.2, 0.25) is 6.79 Å². The average Bonchev–Trinajstić information content (AvgIpc) is 2.95. The van der Waals surface area contributed by atoms with E-state index in [1.807, 2.05) is 36.4 Å². The van der Waals surface area contributed by atoms with Crippen LogP contribution < -0.4 is 9.47 Å².